The molecule has 1 N–H and O–H groups in total. The van der Waals surface area contributed by atoms with E-state index in [1.807, 2.05) is 54.6 Å². The second kappa shape index (κ2) is 8.09. The SMILES string of the molecule is CC(C)C[C@H]1NC2(C(=O)c3ccccc3C2=O)[C@@]2(c3ccccc3)[C@H](c3ccccc3)[C@@]12c1ccccc1. The summed E-state index contributed by atoms with van der Waals surface area (Å²) in [6, 6.07) is 38.8. The Balaban J connectivity index is 1.63. The van der Waals surface area contributed by atoms with E-state index in [1.165, 1.54) is 11.1 Å². The van der Waals surface area contributed by atoms with Gasteiger partial charge in [-0.2, -0.15) is 0 Å². The van der Waals surface area contributed by atoms with Gasteiger partial charge in [0.2, 0.25) is 0 Å². The number of benzene rings is 4. The highest BCUT2D eigenvalue weighted by Gasteiger charge is 2.94. The summed E-state index contributed by atoms with van der Waals surface area (Å²) in [4.78, 5) is 29.5. The summed E-state index contributed by atoms with van der Waals surface area (Å²) in [6.07, 6.45) is 0.853. The Morgan fingerprint density at radius 3 is 1.66 bits per heavy atom. The van der Waals surface area contributed by atoms with Gasteiger partial charge in [0, 0.05) is 33.9 Å². The number of nitrogens with one attached hydrogen (secondary N) is 1. The molecule has 7 rings (SSSR count). The van der Waals surface area contributed by atoms with Crippen LogP contribution in [-0.4, -0.2) is 23.1 Å². The monoisotopic (exact) mass is 497 g/mol. The predicted octanol–water partition coefficient (Wildman–Crippen LogP) is 6.50. The van der Waals surface area contributed by atoms with Gasteiger partial charge in [-0.3, -0.25) is 14.9 Å². The molecule has 0 aromatic heterocycles. The van der Waals surface area contributed by atoms with E-state index in [0.717, 1.165) is 12.0 Å². The van der Waals surface area contributed by atoms with Crippen LogP contribution < -0.4 is 5.32 Å². The first kappa shape index (κ1) is 23.3. The molecule has 0 unspecified atom stereocenters. The minimum atomic E-state index is -1.38. The molecule has 2 fully saturated rings. The average molecular weight is 498 g/mol. The van der Waals surface area contributed by atoms with Crippen molar-refractivity contribution >= 4 is 11.6 Å². The van der Waals surface area contributed by atoms with Gasteiger partial charge in [-0.05, 0) is 29.0 Å². The van der Waals surface area contributed by atoms with E-state index in [2.05, 4.69) is 79.8 Å². The van der Waals surface area contributed by atoms with Crippen LogP contribution in [0.1, 0.15) is 63.6 Å². The summed E-state index contributed by atoms with van der Waals surface area (Å²) < 4.78 is 0. The van der Waals surface area contributed by atoms with Crippen molar-refractivity contribution in [2.24, 2.45) is 5.92 Å². The van der Waals surface area contributed by atoms with Gasteiger partial charge in [-0.25, -0.2) is 0 Å². The maximum absolute atomic E-state index is 14.7. The lowest BCUT2D eigenvalue weighted by molar-refractivity contribution is 0.0718. The molecule has 4 atom stereocenters. The van der Waals surface area contributed by atoms with Crippen LogP contribution in [0.2, 0.25) is 0 Å². The quantitative estimate of drug-likeness (QED) is 0.320. The van der Waals surface area contributed by atoms with Crippen molar-refractivity contribution in [2.45, 2.75) is 48.6 Å². The molecule has 1 heterocycles. The normalized spacial score (nSPS) is 28.5. The van der Waals surface area contributed by atoms with Gasteiger partial charge >= 0.3 is 0 Å². The van der Waals surface area contributed by atoms with Crippen molar-refractivity contribution in [2.75, 3.05) is 0 Å². The number of Topliss-reactive ketones (excluding diaryl/α,β-unsaturated/α-hetero) is 2. The van der Waals surface area contributed by atoms with Crippen LogP contribution in [-0.2, 0) is 10.8 Å². The standard InChI is InChI=1S/C35H31NO2/c1-23(2)22-29-33(25-16-8-4-9-17-25)30(24-14-6-3-7-15-24)34(33,26-18-10-5-11-19-26)35(36-29)31(37)27-20-12-13-21-28(27)32(35)38/h3-21,23,29-30,36H,22H2,1-2H3/t29-,30-,33-,34+/m1/s1. The third-order valence-electron chi connectivity index (χ3n) is 9.41. The van der Waals surface area contributed by atoms with Crippen LogP contribution in [0.15, 0.2) is 115 Å². The van der Waals surface area contributed by atoms with Crippen LogP contribution in [0.3, 0.4) is 0 Å². The molecule has 0 radical (unpaired) electrons. The molecule has 1 saturated carbocycles. The van der Waals surface area contributed by atoms with E-state index in [9.17, 15) is 9.59 Å². The van der Waals surface area contributed by atoms with E-state index in [4.69, 9.17) is 0 Å². The Morgan fingerprint density at radius 1 is 0.658 bits per heavy atom. The van der Waals surface area contributed by atoms with Crippen molar-refractivity contribution in [3.63, 3.8) is 0 Å². The molecule has 1 aliphatic heterocycles. The minimum absolute atomic E-state index is 0.0480. The van der Waals surface area contributed by atoms with Gasteiger partial charge in [0.05, 0.1) is 0 Å². The molecule has 2 aliphatic carbocycles. The number of ketones is 2. The fourth-order valence-electron chi connectivity index (χ4n) is 8.37. The van der Waals surface area contributed by atoms with Gasteiger partial charge in [0.25, 0.3) is 0 Å². The highest BCUT2D eigenvalue weighted by atomic mass is 16.2. The van der Waals surface area contributed by atoms with Crippen LogP contribution in [0.4, 0.5) is 0 Å². The Kier molecular flexibility index (Phi) is 4.96. The summed E-state index contributed by atoms with van der Waals surface area (Å²) in [5, 5.41) is 3.82. The summed E-state index contributed by atoms with van der Waals surface area (Å²) in [6.45, 7) is 4.45. The average Bonchev–Trinajstić information content (AvgIpc) is 3.47. The first-order chi connectivity index (χ1) is 18.5. The fourth-order valence-corrected chi connectivity index (χ4v) is 8.37. The first-order valence-corrected chi connectivity index (χ1v) is 13.6. The van der Waals surface area contributed by atoms with Crippen molar-refractivity contribution < 1.29 is 9.59 Å². The van der Waals surface area contributed by atoms with Gasteiger partial charge in [0.15, 0.2) is 17.1 Å². The Morgan fingerprint density at radius 2 is 1.13 bits per heavy atom. The third kappa shape index (κ3) is 2.58. The summed E-state index contributed by atoms with van der Waals surface area (Å²) in [5.74, 6) is 0.148. The number of fused-ring (bicyclic) bond motifs is 3. The van der Waals surface area contributed by atoms with E-state index >= 15 is 0 Å². The number of carbonyl (C=O) groups is 2. The van der Waals surface area contributed by atoms with Gasteiger partial charge in [0.1, 0.15) is 0 Å². The molecule has 3 aliphatic rings. The number of carbonyl (C=O) groups excluding carboxylic acids is 2. The zero-order chi connectivity index (χ0) is 26.1. The fraction of sp³-hybridized carbons (Fsp3) is 0.257. The van der Waals surface area contributed by atoms with E-state index in [0.29, 0.717) is 17.0 Å². The van der Waals surface area contributed by atoms with E-state index in [1.54, 1.807) is 0 Å². The van der Waals surface area contributed by atoms with Crippen LogP contribution in [0.25, 0.3) is 0 Å². The van der Waals surface area contributed by atoms with Crippen molar-refractivity contribution in [3.05, 3.63) is 143 Å². The van der Waals surface area contributed by atoms with Gasteiger partial charge in [-0.1, -0.05) is 129 Å². The smallest absolute Gasteiger partial charge is 0.192 e. The topological polar surface area (TPSA) is 46.2 Å². The molecular formula is C35H31NO2. The van der Waals surface area contributed by atoms with Gasteiger partial charge < -0.3 is 0 Å². The molecule has 38 heavy (non-hydrogen) atoms. The second-order valence-corrected chi connectivity index (χ2v) is 11.5. The van der Waals surface area contributed by atoms with Crippen molar-refractivity contribution in [1.29, 1.82) is 0 Å². The molecule has 1 spiro atoms. The van der Waals surface area contributed by atoms with Crippen molar-refractivity contribution in [1.82, 2.24) is 5.32 Å². The predicted molar refractivity (Wildman–Crippen MR) is 150 cm³/mol. The Labute approximate surface area is 223 Å². The third-order valence-corrected chi connectivity index (χ3v) is 9.41. The largest absolute Gasteiger partial charge is 0.294 e. The number of piperidine rings is 1. The Hall–Kier alpha value is -3.82. The molecule has 3 heteroatoms. The van der Waals surface area contributed by atoms with Crippen molar-refractivity contribution in [3.8, 4) is 0 Å². The maximum Gasteiger partial charge on any atom is 0.192 e. The molecule has 0 bridgehead atoms. The summed E-state index contributed by atoms with van der Waals surface area (Å²) >= 11 is 0. The molecule has 4 aromatic rings. The highest BCUT2D eigenvalue weighted by Crippen LogP contribution is 2.84. The molecule has 4 aromatic carbocycles. The van der Waals surface area contributed by atoms with Crippen LogP contribution in [0, 0.1) is 5.92 Å². The minimum Gasteiger partial charge on any atom is -0.294 e. The highest BCUT2D eigenvalue weighted by molar-refractivity contribution is 6.35. The number of hydrogen-bond donors (Lipinski definition) is 1. The lowest BCUT2D eigenvalue weighted by atomic mass is 9.68. The molecule has 3 nitrogen and oxygen atoms in total. The van der Waals surface area contributed by atoms with Crippen LogP contribution >= 0.6 is 0 Å². The maximum atomic E-state index is 14.7. The second-order valence-electron chi connectivity index (χ2n) is 11.5. The summed E-state index contributed by atoms with van der Waals surface area (Å²) in [5.41, 5.74) is 1.83. The zero-order valence-electron chi connectivity index (χ0n) is 21.7. The molecular weight excluding hydrogens is 466 g/mol. The molecule has 0 amide bonds. The first-order valence-electron chi connectivity index (χ1n) is 13.6. The lowest BCUT2D eigenvalue weighted by Gasteiger charge is -2.36. The van der Waals surface area contributed by atoms with Gasteiger partial charge in [-0.15, -0.1) is 0 Å². The lowest BCUT2D eigenvalue weighted by Crippen LogP contribution is -2.61. The van der Waals surface area contributed by atoms with Crippen LogP contribution in [0.5, 0.6) is 0 Å². The molecule has 1 saturated heterocycles. The zero-order valence-corrected chi connectivity index (χ0v) is 21.7. The van der Waals surface area contributed by atoms with E-state index < -0.39 is 16.4 Å². The number of rotatable bonds is 5. The summed E-state index contributed by atoms with van der Waals surface area (Å²) in [7, 11) is 0. The van der Waals surface area contributed by atoms with E-state index in [-0.39, 0.29) is 23.5 Å². The Bertz CT molecular complexity index is 1510. The number of hydrogen-bond acceptors (Lipinski definition) is 3. The molecule has 188 valence electrons.